The van der Waals surface area contributed by atoms with Crippen molar-refractivity contribution in [1.82, 2.24) is 9.97 Å². The lowest BCUT2D eigenvalue weighted by atomic mass is 10.5. The number of hydrogen-bond acceptors (Lipinski definition) is 4. The van der Waals surface area contributed by atoms with Crippen molar-refractivity contribution < 1.29 is 13.2 Å². The van der Waals surface area contributed by atoms with E-state index in [1.807, 2.05) is 6.92 Å². The molecule has 0 saturated carbocycles. The summed E-state index contributed by atoms with van der Waals surface area (Å²) in [5.41, 5.74) is 0. The average molecular weight is 237 g/mol. The van der Waals surface area contributed by atoms with Gasteiger partial charge in [0.1, 0.15) is 10.8 Å². The van der Waals surface area contributed by atoms with Crippen molar-refractivity contribution in [3.05, 3.63) is 11.9 Å². The molecule has 0 atom stereocenters. The number of rotatable bonds is 3. The Morgan fingerprint density at radius 2 is 2.07 bits per heavy atom. The van der Waals surface area contributed by atoms with Crippen LogP contribution in [0, 0.1) is 0 Å². The Balaban J connectivity index is 3.11. The zero-order valence-corrected chi connectivity index (χ0v) is 9.04. The molecule has 7 heteroatoms. The van der Waals surface area contributed by atoms with Gasteiger partial charge in [-0.15, -0.1) is 11.8 Å². The lowest BCUT2D eigenvalue weighted by Gasteiger charge is -2.08. The van der Waals surface area contributed by atoms with E-state index in [1.165, 1.54) is 24.9 Å². The van der Waals surface area contributed by atoms with Gasteiger partial charge in [-0.3, -0.25) is 0 Å². The van der Waals surface area contributed by atoms with Crippen LogP contribution in [0.4, 0.5) is 19.0 Å². The van der Waals surface area contributed by atoms with Gasteiger partial charge in [0.2, 0.25) is 5.82 Å². The van der Waals surface area contributed by atoms with Gasteiger partial charge in [-0.2, -0.15) is 13.2 Å². The number of halogens is 3. The fourth-order valence-electron chi connectivity index (χ4n) is 0.902. The molecule has 0 spiro atoms. The molecular weight excluding hydrogens is 227 g/mol. The molecule has 0 fully saturated rings. The Morgan fingerprint density at radius 3 is 2.53 bits per heavy atom. The highest BCUT2D eigenvalue weighted by Gasteiger charge is 2.35. The lowest BCUT2D eigenvalue weighted by molar-refractivity contribution is -0.145. The van der Waals surface area contributed by atoms with E-state index in [0.29, 0.717) is 10.8 Å². The van der Waals surface area contributed by atoms with E-state index in [2.05, 4.69) is 15.3 Å². The minimum Gasteiger partial charge on any atom is -0.373 e. The minimum absolute atomic E-state index is 0.174. The third-order valence-corrected chi connectivity index (χ3v) is 2.30. The van der Waals surface area contributed by atoms with Crippen LogP contribution in [0.3, 0.4) is 0 Å². The zero-order chi connectivity index (χ0) is 11.5. The van der Waals surface area contributed by atoms with E-state index in [9.17, 15) is 13.2 Å². The number of anilines is 1. The number of aromatic nitrogens is 2. The molecule has 0 aliphatic heterocycles. The maximum absolute atomic E-state index is 12.4. The minimum atomic E-state index is -4.50. The first-order chi connectivity index (χ1) is 6.97. The first kappa shape index (κ1) is 12.1. The summed E-state index contributed by atoms with van der Waals surface area (Å²) in [6, 6.07) is 1.49. The van der Waals surface area contributed by atoms with Crippen molar-refractivity contribution in [3.63, 3.8) is 0 Å². The maximum Gasteiger partial charge on any atom is 0.451 e. The van der Waals surface area contributed by atoms with Crippen LogP contribution in [0.2, 0.25) is 0 Å². The topological polar surface area (TPSA) is 37.8 Å². The molecule has 0 unspecified atom stereocenters. The summed E-state index contributed by atoms with van der Waals surface area (Å²) in [5, 5.41) is 2.90. The molecule has 0 aliphatic carbocycles. The van der Waals surface area contributed by atoms with E-state index in [1.54, 1.807) is 0 Å². The van der Waals surface area contributed by atoms with Gasteiger partial charge in [0.15, 0.2) is 0 Å². The Kier molecular flexibility index (Phi) is 3.78. The van der Waals surface area contributed by atoms with Crippen molar-refractivity contribution in [2.75, 3.05) is 18.1 Å². The van der Waals surface area contributed by atoms with Gasteiger partial charge >= 0.3 is 6.18 Å². The summed E-state index contributed by atoms with van der Waals surface area (Å²) >= 11 is 1.24. The Bertz CT molecular complexity index is 340. The highest BCUT2D eigenvalue weighted by molar-refractivity contribution is 7.99. The predicted molar refractivity (Wildman–Crippen MR) is 53.0 cm³/mol. The second-order valence-corrected chi connectivity index (χ2v) is 3.88. The van der Waals surface area contributed by atoms with E-state index >= 15 is 0 Å². The molecule has 0 aromatic carbocycles. The van der Waals surface area contributed by atoms with E-state index < -0.39 is 12.0 Å². The molecule has 1 heterocycles. The number of hydrogen-bond donors (Lipinski definition) is 1. The largest absolute Gasteiger partial charge is 0.451 e. The fraction of sp³-hybridized carbons (Fsp3) is 0.500. The van der Waals surface area contributed by atoms with Crippen LogP contribution in [0.25, 0.3) is 0 Å². The van der Waals surface area contributed by atoms with Crippen LogP contribution >= 0.6 is 11.8 Å². The molecule has 0 bridgehead atoms. The number of nitrogens with one attached hydrogen (secondary N) is 1. The molecule has 84 valence electrons. The smallest absolute Gasteiger partial charge is 0.373 e. The van der Waals surface area contributed by atoms with Gasteiger partial charge in [0.05, 0.1) is 0 Å². The van der Waals surface area contributed by atoms with E-state index in [4.69, 9.17) is 0 Å². The first-order valence-corrected chi connectivity index (χ1v) is 5.22. The summed E-state index contributed by atoms with van der Waals surface area (Å²) in [6.45, 7) is 1.85. The molecule has 1 rings (SSSR count). The second kappa shape index (κ2) is 4.69. The summed E-state index contributed by atoms with van der Waals surface area (Å²) in [7, 11) is 1.52. The molecule has 1 N–H and O–H groups in total. The molecule has 0 amide bonds. The highest BCUT2D eigenvalue weighted by atomic mass is 32.2. The van der Waals surface area contributed by atoms with Crippen molar-refractivity contribution in [2.45, 2.75) is 18.1 Å². The number of thioether (sulfide) groups is 1. The summed E-state index contributed by atoms with van der Waals surface area (Å²) < 4.78 is 37.1. The molecule has 3 nitrogen and oxygen atoms in total. The molecule has 0 aliphatic rings. The fourth-order valence-corrected chi connectivity index (χ4v) is 1.54. The summed E-state index contributed by atoms with van der Waals surface area (Å²) in [4.78, 5) is 6.77. The Labute approximate surface area is 89.5 Å². The van der Waals surface area contributed by atoms with Crippen molar-refractivity contribution in [3.8, 4) is 0 Å². The molecule has 0 saturated heterocycles. The number of alkyl halides is 3. The lowest BCUT2D eigenvalue weighted by Crippen LogP contribution is -2.12. The molecule has 15 heavy (non-hydrogen) atoms. The normalized spacial score (nSPS) is 11.5. The molecule has 0 radical (unpaired) electrons. The quantitative estimate of drug-likeness (QED) is 0.648. The van der Waals surface area contributed by atoms with Crippen LogP contribution in [0.5, 0.6) is 0 Å². The van der Waals surface area contributed by atoms with Gasteiger partial charge in [-0.25, -0.2) is 9.97 Å². The first-order valence-electron chi connectivity index (χ1n) is 4.24. The zero-order valence-electron chi connectivity index (χ0n) is 8.22. The molecular formula is C8H10F3N3S. The predicted octanol–water partition coefficient (Wildman–Crippen LogP) is 2.65. The summed E-state index contributed by atoms with van der Waals surface area (Å²) in [5.74, 6) is -0.268. The van der Waals surface area contributed by atoms with E-state index in [-0.39, 0.29) is 5.82 Å². The summed E-state index contributed by atoms with van der Waals surface area (Å²) in [6.07, 6.45) is -4.50. The van der Waals surface area contributed by atoms with Crippen molar-refractivity contribution >= 4 is 17.6 Å². The monoisotopic (exact) mass is 237 g/mol. The van der Waals surface area contributed by atoms with Gasteiger partial charge in [0.25, 0.3) is 0 Å². The van der Waals surface area contributed by atoms with E-state index in [0.717, 1.165) is 0 Å². The van der Waals surface area contributed by atoms with Crippen LogP contribution in [0.1, 0.15) is 12.7 Å². The third kappa shape index (κ3) is 3.26. The van der Waals surface area contributed by atoms with Crippen molar-refractivity contribution in [1.29, 1.82) is 0 Å². The Hall–Kier alpha value is -0.980. The SMILES string of the molecule is CCSc1cc(NC)nc(C(F)(F)F)n1. The van der Waals surface area contributed by atoms with Gasteiger partial charge in [0, 0.05) is 13.1 Å². The molecule has 1 aromatic heterocycles. The van der Waals surface area contributed by atoms with Gasteiger partial charge in [-0.1, -0.05) is 6.92 Å². The third-order valence-electron chi connectivity index (χ3n) is 1.50. The van der Waals surface area contributed by atoms with Crippen LogP contribution in [-0.4, -0.2) is 22.8 Å². The number of nitrogens with zero attached hydrogens (tertiary/aromatic N) is 2. The average Bonchev–Trinajstić information content (AvgIpc) is 2.16. The molecule has 1 aromatic rings. The van der Waals surface area contributed by atoms with Crippen LogP contribution < -0.4 is 5.32 Å². The highest BCUT2D eigenvalue weighted by Crippen LogP contribution is 2.29. The second-order valence-electron chi connectivity index (χ2n) is 2.60. The van der Waals surface area contributed by atoms with Crippen LogP contribution in [0.15, 0.2) is 11.1 Å². The van der Waals surface area contributed by atoms with Gasteiger partial charge in [-0.05, 0) is 5.75 Å². The van der Waals surface area contributed by atoms with Crippen molar-refractivity contribution in [2.24, 2.45) is 0 Å². The maximum atomic E-state index is 12.4. The van der Waals surface area contributed by atoms with Gasteiger partial charge < -0.3 is 5.32 Å². The standard InChI is InChI=1S/C8H10F3N3S/c1-3-15-6-4-5(12-2)13-7(14-6)8(9,10)11/h4H,3H2,1-2H3,(H,12,13,14). The van der Waals surface area contributed by atoms with Crippen LogP contribution in [-0.2, 0) is 6.18 Å². The Morgan fingerprint density at radius 1 is 1.40 bits per heavy atom.